The molecule has 2 unspecified atom stereocenters. The molecule has 0 saturated carbocycles. The van der Waals surface area contributed by atoms with E-state index in [4.69, 9.17) is 9.47 Å². The average molecular weight is 732 g/mol. The first-order chi connectivity index (χ1) is 24.5. The number of hydrogen-bond acceptors (Lipinski definition) is 8. The van der Waals surface area contributed by atoms with Crippen LogP contribution in [0.2, 0.25) is 0 Å². The van der Waals surface area contributed by atoms with Gasteiger partial charge in [-0.05, 0) is 43.2 Å². The van der Waals surface area contributed by atoms with Crippen LogP contribution in [0.3, 0.4) is 0 Å². The van der Waals surface area contributed by atoms with E-state index >= 15 is 0 Å². The topological polar surface area (TPSA) is 167 Å². The lowest BCUT2D eigenvalue weighted by atomic mass is 9.89. The fourth-order valence-corrected chi connectivity index (χ4v) is 7.40. The van der Waals surface area contributed by atoms with Crippen molar-refractivity contribution in [3.8, 4) is 0 Å². The van der Waals surface area contributed by atoms with Crippen molar-refractivity contribution in [3.05, 3.63) is 35.9 Å². The molecule has 2 rings (SSSR count). The minimum atomic E-state index is -1.14. The fraction of sp³-hybridized carbons (Fsp3) is 0.718. The van der Waals surface area contributed by atoms with Crippen molar-refractivity contribution in [1.82, 2.24) is 25.8 Å². The summed E-state index contributed by atoms with van der Waals surface area (Å²) in [6, 6.07) is 5.84. The standard InChI is InChI=1S/C39H65N5O8/c1-12-25(6)34(43(9)38(48)33(24(4)5)42-37(47)32(40-8)23(2)3)30(51-10)22-31(45)44-20-16-19-29(44)35(52-11)26(7)36(46)41-28(39(49)50)21-27-17-14-13-15-18-27/h13-15,17-18,23-26,28-30,32-35,40H,12,16,19-22H2,1-11H3,(H,41,46)(H,42,47)(H,49,50)/t25-,26+,28-,29-,30+,32-,33-,34?,35?/m0/s1. The largest absolute Gasteiger partial charge is 0.480 e. The Balaban J connectivity index is 2.26. The van der Waals surface area contributed by atoms with Crippen LogP contribution in [0, 0.1) is 23.7 Å². The quantitative estimate of drug-likeness (QED) is 0.149. The lowest BCUT2D eigenvalue weighted by Gasteiger charge is -2.41. The van der Waals surface area contributed by atoms with Crippen molar-refractivity contribution in [2.45, 2.75) is 123 Å². The van der Waals surface area contributed by atoms with Gasteiger partial charge >= 0.3 is 5.97 Å². The second-order valence-electron chi connectivity index (χ2n) is 14.9. The van der Waals surface area contributed by atoms with Gasteiger partial charge in [-0.3, -0.25) is 19.2 Å². The molecule has 13 nitrogen and oxygen atoms in total. The second-order valence-corrected chi connectivity index (χ2v) is 14.9. The molecule has 1 aliphatic rings. The number of likely N-dealkylation sites (tertiary alicyclic amines) is 1. The Kier molecular flexibility index (Phi) is 18.2. The third-order valence-electron chi connectivity index (χ3n) is 10.6. The second kappa shape index (κ2) is 21.2. The van der Waals surface area contributed by atoms with Gasteiger partial charge in [0.1, 0.15) is 12.1 Å². The number of nitrogens with zero attached hydrogens (tertiary/aromatic N) is 2. The molecule has 4 N–H and O–H groups in total. The number of rotatable bonds is 21. The molecule has 1 fully saturated rings. The van der Waals surface area contributed by atoms with Crippen molar-refractivity contribution in [3.63, 3.8) is 0 Å². The van der Waals surface area contributed by atoms with Gasteiger partial charge in [0.2, 0.25) is 23.6 Å². The highest BCUT2D eigenvalue weighted by molar-refractivity contribution is 5.90. The smallest absolute Gasteiger partial charge is 0.326 e. The molecule has 294 valence electrons. The number of nitrogens with one attached hydrogen (secondary N) is 3. The van der Waals surface area contributed by atoms with E-state index in [2.05, 4.69) is 16.0 Å². The number of aliphatic carboxylic acids is 1. The number of amides is 4. The fourth-order valence-electron chi connectivity index (χ4n) is 7.40. The SMILES string of the molecule is CC[C@H](C)C([C@@H](CC(=O)N1CCC[C@H]1C(OC)[C@@H](C)C(=O)N[C@@H](Cc1ccccc1)C(=O)O)OC)N(C)C(=O)[C@@H](NC(=O)[C@@H](NC)C(C)C)C(C)C. The van der Waals surface area contributed by atoms with Gasteiger partial charge in [-0.15, -0.1) is 0 Å². The average Bonchev–Trinajstić information content (AvgIpc) is 3.59. The van der Waals surface area contributed by atoms with E-state index in [0.29, 0.717) is 19.4 Å². The van der Waals surface area contributed by atoms with E-state index in [1.807, 2.05) is 71.9 Å². The molecule has 1 aromatic carbocycles. The van der Waals surface area contributed by atoms with Gasteiger partial charge in [-0.25, -0.2) is 4.79 Å². The van der Waals surface area contributed by atoms with Crippen LogP contribution in [0.1, 0.15) is 79.7 Å². The lowest BCUT2D eigenvalue weighted by molar-refractivity contribution is -0.148. The molecule has 4 amide bonds. The van der Waals surface area contributed by atoms with Gasteiger partial charge in [0.15, 0.2) is 0 Å². The molecule has 1 aromatic rings. The van der Waals surface area contributed by atoms with Gasteiger partial charge in [-0.1, -0.05) is 85.2 Å². The molecule has 0 bridgehead atoms. The van der Waals surface area contributed by atoms with Crippen LogP contribution in [0.4, 0.5) is 0 Å². The number of ether oxygens (including phenoxy) is 2. The van der Waals surface area contributed by atoms with Crippen LogP contribution in [0.25, 0.3) is 0 Å². The lowest BCUT2D eigenvalue weighted by Crippen LogP contribution is -2.59. The number of likely N-dealkylation sites (N-methyl/N-ethyl adjacent to an activating group) is 2. The van der Waals surface area contributed by atoms with Gasteiger partial charge in [0.05, 0.1) is 42.7 Å². The predicted molar refractivity (Wildman–Crippen MR) is 200 cm³/mol. The Morgan fingerprint density at radius 2 is 1.54 bits per heavy atom. The normalized spacial score (nSPS) is 19.2. The highest BCUT2D eigenvalue weighted by atomic mass is 16.5. The van der Waals surface area contributed by atoms with Crippen LogP contribution in [0.5, 0.6) is 0 Å². The van der Waals surface area contributed by atoms with Crippen LogP contribution in [0.15, 0.2) is 30.3 Å². The predicted octanol–water partition coefficient (Wildman–Crippen LogP) is 3.10. The van der Waals surface area contributed by atoms with Crippen LogP contribution in [-0.4, -0.2) is 122 Å². The van der Waals surface area contributed by atoms with Crippen molar-refractivity contribution >= 4 is 29.6 Å². The van der Waals surface area contributed by atoms with E-state index in [0.717, 1.165) is 12.0 Å². The Bertz CT molecular complexity index is 1310. The maximum Gasteiger partial charge on any atom is 0.326 e. The number of methoxy groups -OCH3 is 2. The minimum Gasteiger partial charge on any atom is -0.480 e. The molecule has 13 heteroatoms. The summed E-state index contributed by atoms with van der Waals surface area (Å²) >= 11 is 0. The Morgan fingerprint density at radius 1 is 0.923 bits per heavy atom. The molecule has 0 aliphatic carbocycles. The van der Waals surface area contributed by atoms with Crippen molar-refractivity contribution in [2.24, 2.45) is 23.7 Å². The van der Waals surface area contributed by atoms with Crippen LogP contribution in [-0.2, 0) is 39.9 Å². The minimum absolute atomic E-state index is 0.0112. The molecule has 9 atom stereocenters. The molecule has 0 spiro atoms. The van der Waals surface area contributed by atoms with Gasteiger partial charge < -0.3 is 40.3 Å². The van der Waals surface area contributed by atoms with Crippen LogP contribution < -0.4 is 16.0 Å². The number of carboxylic acid groups (broad SMARTS) is 1. The van der Waals surface area contributed by atoms with Crippen LogP contribution >= 0.6 is 0 Å². The number of benzene rings is 1. The monoisotopic (exact) mass is 731 g/mol. The van der Waals surface area contributed by atoms with Crippen molar-refractivity contribution < 1.29 is 38.6 Å². The zero-order valence-corrected chi connectivity index (χ0v) is 33.2. The summed E-state index contributed by atoms with van der Waals surface area (Å²) in [7, 11) is 6.46. The summed E-state index contributed by atoms with van der Waals surface area (Å²) in [5, 5.41) is 18.5. The Labute approximate surface area is 310 Å². The Morgan fingerprint density at radius 3 is 2.04 bits per heavy atom. The first kappa shape index (κ1) is 44.6. The third kappa shape index (κ3) is 11.7. The zero-order valence-electron chi connectivity index (χ0n) is 33.2. The summed E-state index contributed by atoms with van der Waals surface area (Å²) in [6.07, 6.45) is 0.818. The molecule has 0 radical (unpaired) electrons. The molecule has 0 aromatic heterocycles. The molecular weight excluding hydrogens is 666 g/mol. The first-order valence-corrected chi connectivity index (χ1v) is 18.7. The van der Waals surface area contributed by atoms with E-state index in [9.17, 15) is 29.1 Å². The Hall–Kier alpha value is -3.55. The molecule has 1 heterocycles. The molecule has 52 heavy (non-hydrogen) atoms. The van der Waals surface area contributed by atoms with E-state index in [1.54, 1.807) is 30.8 Å². The molecular formula is C39H65N5O8. The van der Waals surface area contributed by atoms with E-state index < -0.39 is 60.2 Å². The maximum absolute atomic E-state index is 14.1. The van der Waals surface area contributed by atoms with Gasteiger partial charge in [0.25, 0.3) is 0 Å². The summed E-state index contributed by atoms with van der Waals surface area (Å²) in [5.41, 5.74) is 0.785. The highest BCUT2D eigenvalue weighted by Gasteiger charge is 2.43. The van der Waals surface area contributed by atoms with Gasteiger partial charge in [-0.2, -0.15) is 0 Å². The summed E-state index contributed by atoms with van der Waals surface area (Å²) in [4.78, 5) is 70.3. The molecule has 1 aliphatic heterocycles. The van der Waals surface area contributed by atoms with Crippen molar-refractivity contribution in [1.29, 1.82) is 0 Å². The summed E-state index contributed by atoms with van der Waals surface area (Å²) in [5.74, 6) is -3.27. The van der Waals surface area contributed by atoms with E-state index in [1.165, 1.54) is 14.2 Å². The number of carbonyl (C=O) groups excluding carboxylic acids is 4. The summed E-state index contributed by atoms with van der Waals surface area (Å²) < 4.78 is 11.8. The van der Waals surface area contributed by atoms with E-state index in [-0.39, 0.29) is 48.3 Å². The highest BCUT2D eigenvalue weighted by Crippen LogP contribution is 2.29. The number of hydrogen-bond donors (Lipinski definition) is 4. The first-order valence-electron chi connectivity index (χ1n) is 18.7. The summed E-state index contributed by atoms with van der Waals surface area (Å²) in [6.45, 7) is 13.9. The molecule has 1 saturated heterocycles. The number of carboxylic acids is 1. The zero-order chi connectivity index (χ0) is 39.3. The van der Waals surface area contributed by atoms with Gasteiger partial charge in [0, 0.05) is 34.2 Å². The van der Waals surface area contributed by atoms with Crippen molar-refractivity contribution in [2.75, 3.05) is 34.9 Å². The third-order valence-corrected chi connectivity index (χ3v) is 10.6. The maximum atomic E-state index is 14.1. The number of carbonyl (C=O) groups is 5.